The lowest BCUT2D eigenvalue weighted by atomic mass is 10.1. The van der Waals surface area contributed by atoms with E-state index in [1.54, 1.807) is 37.0 Å². The molecule has 1 N–H and O–H groups in total. The predicted octanol–water partition coefficient (Wildman–Crippen LogP) is 4.11. The van der Waals surface area contributed by atoms with Crippen LogP contribution in [0.1, 0.15) is 11.1 Å². The molecule has 156 valence electrons. The van der Waals surface area contributed by atoms with Gasteiger partial charge >= 0.3 is 0 Å². The first-order valence-electron chi connectivity index (χ1n) is 9.54. The molecule has 0 aliphatic carbocycles. The topological polar surface area (TPSA) is 85.6 Å². The smallest absolute Gasteiger partial charge is 0.248 e. The Labute approximate surface area is 182 Å². The number of nitrogens with zero attached hydrogens (tertiary/aromatic N) is 5. The van der Waals surface area contributed by atoms with Crippen LogP contribution in [0.15, 0.2) is 71.9 Å². The molecule has 2 heterocycles. The molecule has 9 heteroatoms. The van der Waals surface area contributed by atoms with E-state index >= 15 is 0 Å². The lowest BCUT2D eigenvalue weighted by molar-refractivity contribution is -0.117. The number of thioether (sulfide) groups is 1. The molecule has 0 saturated heterocycles. The second-order valence-corrected chi connectivity index (χ2v) is 7.81. The fourth-order valence-corrected chi connectivity index (χ4v) is 3.67. The lowest BCUT2D eigenvalue weighted by Crippen LogP contribution is -2.20. The fourth-order valence-electron chi connectivity index (χ4n) is 2.87. The maximum atomic E-state index is 13.4. The van der Waals surface area contributed by atoms with Gasteiger partial charge in [0.15, 0.2) is 0 Å². The first-order chi connectivity index (χ1) is 15.1. The first-order valence-corrected chi connectivity index (χ1v) is 10.5. The lowest BCUT2D eigenvalue weighted by Gasteiger charge is -2.07. The summed E-state index contributed by atoms with van der Waals surface area (Å²) in [7, 11) is 0. The summed E-state index contributed by atoms with van der Waals surface area (Å²) in [5, 5.41) is 15.9. The summed E-state index contributed by atoms with van der Waals surface area (Å²) in [4.78, 5) is 17.9. The minimum atomic E-state index is -0.295. The molecule has 4 rings (SSSR count). The molecule has 4 aromatic rings. The molecule has 31 heavy (non-hydrogen) atoms. The van der Waals surface area contributed by atoms with Crippen LogP contribution < -0.4 is 5.32 Å². The standard InChI is InChI=1S/C22H19FN6OS/c1-15-11-17(8-9-19(15)23)22-26-28-29(27-22)13-20(30)25-18-6-4-5-16(12-18)14-31-21-7-2-3-10-24-21/h2-12H,13-14H2,1H3,(H,25,30). The van der Waals surface area contributed by atoms with Crippen LogP contribution >= 0.6 is 11.8 Å². The molecule has 1 amide bonds. The van der Waals surface area contributed by atoms with Gasteiger partial charge in [0, 0.05) is 23.2 Å². The Kier molecular flexibility index (Phi) is 6.32. The number of nitrogens with one attached hydrogen (secondary N) is 1. The van der Waals surface area contributed by atoms with Crippen LogP contribution in [0.4, 0.5) is 10.1 Å². The quantitative estimate of drug-likeness (QED) is 0.441. The Morgan fingerprint density at radius 2 is 2.03 bits per heavy atom. The summed E-state index contributed by atoms with van der Waals surface area (Å²) < 4.78 is 13.4. The number of rotatable bonds is 7. The SMILES string of the molecule is Cc1cc(-c2nnn(CC(=O)Nc3cccc(CSc4ccccn4)c3)n2)ccc1F. The van der Waals surface area contributed by atoms with Crippen molar-refractivity contribution in [2.45, 2.75) is 24.2 Å². The fraction of sp³-hybridized carbons (Fsp3) is 0.136. The predicted molar refractivity (Wildman–Crippen MR) is 117 cm³/mol. The third kappa shape index (κ3) is 5.52. The summed E-state index contributed by atoms with van der Waals surface area (Å²) >= 11 is 1.63. The Balaban J connectivity index is 1.36. The number of halogens is 1. The van der Waals surface area contributed by atoms with Crippen molar-refractivity contribution in [3.63, 3.8) is 0 Å². The van der Waals surface area contributed by atoms with Crippen LogP contribution in [0.2, 0.25) is 0 Å². The molecule has 2 aromatic carbocycles. The van der Waals surface area contributed by atoms with E-state index < -0.39 is 0 Å². The molecule has 0 atom stereocenters. The summed E-state index contributed by atoms with van der Waals surface area (Å²) in [5.74, 6) is 0.514. The van der Waals surface area contributed by atoms with E-state index in [1.807, 2.05) is 42.5 Å². The summed E-state index contributed by atoms with van der Waals surface area (Å²) in [6.07, 6.45) is 1.76. The van der Waals surface area contributed by atoms with Gasteiger partial charge in [-0.2, -0.15) is 4.80 Å². The van der Waals surface area contributed by atoms with Crippen molar-refractivity contribution in [3.8, 4) is 11.4 Å². The molecule has 0 saturated carbocycles. The maximum Gasteiger partial charge on any atom is 0.248 e. The Morgan fingerprint density at radius 1 is 1.13 bits per heavy atom. The Morgan fingerprint density at radius 3 is 2.84 bits per heavy atom. The molecule has 0 aliphatic heterocycles. The molecule has 0 unspecified atom stereocenters. The molecule has 0 aliphatic rings. The molecule has 0 fully saturated rings. The van der Waals surface area contributed by atoms with Crippen molar-refractivity contribution in [1.82, 2.24) is 25.2 Å². The van der Waals surface area contributed by atoms with Crippen molar-refractivity contribution >= 4 is 23.4 Å². The molecule has 0 spiro atoms. The number of pyridine rings is 1. The van der Waals surface area contributed by atoms with Crippen LogP contribution in [0, 0.1) is 12.7 Å². The van der Waals surface area contributed by atoms with E-state index in [4.69, 9.17) is 0 Å². The van der Waals surface area contributed by atoms with Crippen molar-refractivity contribution in [3.05, 3.63) is 83.8 Å². The van der Waals surface area contributed by atoms with E-state index in [0.29, 0.717) is 22.6 Å². The second kappa shape index (κ2) is 9.48. The highest BCUT2D eigenvalue weighted by Crippen LogP contribution is 2.22. The highest BCUT2D eigenvalue weighted by Gasteiger charge is 2.11. The number of anilines is 1. The zero-order chi connectivity index (χ0) is 21.6. The van der Waals surface area contributed by atoms with E-state index in [-0.39, 0.29) is 18.3 Å². The number of hydrogen-bond donors (Lipinski definition) is 1. The van der Waals surface area contributed by atoms with Gasteiger partial charge in [-0.1, -0.05) is 18.2 Å². The first kappa shape index (κ1) is 20.7. The number of aromatic nitrogens is 5. The Hall–Kier alpha value is -3.59. The van der Waals surface area contributed by atoms with Gasteiger partial charge in [-0.05, 0) is 65.7 Å². The summed E-state index contributed by atoms with van der Waals surface area (Å²) in [6.45, 7) is 1.58. The van der Waals surface area contributed by atoms with E-state index in [2.05, 4.69) is 25.7 Å². The minimum Gasteiger partial charge on any atom is -0.324 e. The monoisotopic (exact) mass is 434 g/mol. The number of tetrazole rings is 1. The van der Waals surface area contributed by atoms with Gasteiger partial charge in [0.25, 0.3) is 0 Å². The van der Waals surface area contributed by atoms with Crippen LogP contribution in [-0.2, 0) is 17.1 Å². The van der Waals surface area contributed by atoms with Crippen LogP contribution in [0.5, 0.6) is 0 Å². The van der Waals surface area contributed by atoms with Gasteiger partial charge < -0.3 is 5.32 Å². The third-order valence-corrected chi connectivity index (χ3v) is 5.40. The van der Waals surface area contributed by atoms with Gasteiger partial charge in [-0.3, -0.25) is 4.79 Å². The summed E-state index contributed by atoms with van der Waals surface area (Å²) in [6, 6.07) is 18.0. The average Bonchev–Trinajstić information content (AvgIpc) is 3.23. The van der Waals surface area contributed by atoms with Crippen LogP contribution in [0.25, 0.3) is 11.4 Å². The van der Waals surface area contributed by atoms with Crippen molar-refractivity contribution in [2.24, 2.45) is 0 Å². The number of benzene rings is 2. The van der Waals surface area contributed by atoms with Crippen molar-refractivity contribution in [2.75, 3.05) is 5.32 Å². The average molecular weight is 435 g/mol. The van der Waals surface area contributed by atoms with Gasteiger partial charge in [0.05, 0.1) is 5.03 Å². The number of carbonyl (C=O) groups is 1. The second-order valence-electron chi connectivity index (χ2n) is 6.81. The number of carbonyl (C=O) groups excluding carboxylic acids is 1. The van der Waals surface area contributed by atoms with Gasteiger partial charge in [0.1, 0.15) is 12.4 Å². The summed E-state index contributed by atoms with van der Waals surface area (Å²) in [5.41, 5.74) is 2.90. The number of amides is 1. The molecular formula is C22H19FN6OS. The Bertz CT molecular complexity index is 1200. The molecule has 7 nitrogen and oxygen atoms in total. The van der Waals surface area contributed by atoms with Crippen molar-refractivity contribution in [1.29, 1.82) is 0 Å². The molecule has 0 bridgehead atoms. The number of hydrogen-bond acceptors (Lipinski definition) is 6. The van der Waals surface area contributed by atoms with Gasteiger partial charge in [-0.15, -0.1) is 22.0 Å². The highest BCUT2D eigenvalue weighted by molar-refractivity contribution is 7.98. The minimum absolute atomic E-state index is 0.0832. The van der Waals surface area contributed by atoms with E-state index in [1.165, 1.54) is 10.9 Å². The molecule has 0 radical (unpaired) electrons. The zero-order valence-electron chi connectivity index (χ0n) is 16.7. The van der Waals surface area contributed by atoms with Crippen LogP contribution in [0.3, 0.4) is 0 Å². The van der Waals surface area contributed by atoms with Crippen molar-refractivity contribution < 1.29 is 9.18 Å². The molecule has 2 aromatic heterocycles. The highest BCUT2D eigenvalue weighted by atomic mass is 32.2. The number of aryl methyl sites for hydroxylation is 1. The van der Waals surface area contributed by atoms with E-state index in [9.17, 15) is 9.18 Å². The zero-order valence-corrected chi connectivity index (χ0v) is 17.5. The largest absolute Gasteiger partial charge is 0.324 e. The maximum absolute atomic E-state index is 13.4. The van der Waals surface area contributed by atoms with Gasteiger partial charge in [-0.25, -0.2) is 9.37 Å². The molecular weight excluding hydrogens is 415 g/mol. The van der Waals surface area contributed by atoms with E-state index in [0.717, 1.165) is 16.3 Å². The third-order valence-electron chi connectivity index (χ3n) is 4.39. The van der Waals surface area contributed by atoms with Crippen LogP contribution in [-0.4, -0.2) is 31.1 Å². The van der Waals surface area contributed by atoms with Gasteiger partial charge in [0.2, 0.25) is 11.7 Å². The normalized spacial score (nSPS) is 10.8.